The van der Waals surface area contributed by atoms with Crippen LogP contribution in [0.2, 0.25) is 0 Å². The molecule has 1 aliphatic heterocycles. The third-order valence-corrected chi connectivity index (χ3v) is 7.01. The van der Waals surface area contributed by atoms with Gasteiger partial charge in [-0.15, -0.1) is 0 Å². The first kappa shape index (κ1) is 18.8. The van der Waals surface area contributed by atoms with Crippen LogP contribution in [0.3, 0.4) is 0 Å². The quantitative estimate of drug-likeness (QED) is 0.853. The molecule has 0 bridgehead atoms. The van der Waals surface area contributed by atoms with E-state index in [1.165, 1.54) is 23.6 Å². The zero-order valence-electron chi connectivity index (χ0n) is 15.0. The molecule has 1 aromatic rings. The van der Waals surface area contributed by atoms with E-state index in [0.717, 1.165) is 25.7 Å². The summed E-state index contributed by atoms with van der Waals surface area (Å²) in [7, 11) is -1.46. The number of nitrogens with zero attached hydrogens (tertiary/aromatic N) is 2. The van der Waals surface area contributed by atoms with Crippen LogP contribution in [-0.2, 0) is 9.84 Å². The van der Waals surface area contributed by atoms with Crippen LogP contribution in [0, 0.1) is 0 Å². The van der Waals surface area contributed by atoms with Crippen molar-refractivity contribution in [3.8, 4) is 0 Å². The van der Waals surface area contributed by atoms with Crippen LogP contribution >= 0.6 is 0 Å². The minimum Gasteiger partial charge on any atom is -0.348 e. The molecule has 2 amide bonds. The number of pyridine rings is 1. The zero-order valence-corrected chi connectivity index (χ0v) is 15.8. The first-order chi connectivity index (χ1) is 12.4. The Morgan fingerprint density at radius 1 is 1.19 bits per heavy atom. The van der Waals surface area contributed by atoms with Crippen LogP contribution in [0.15, 0.2) is 18.3 Å². The summed E-state index contributed by atoms with van der Waals surface area (Å²) in [6.07, 6.45) is 7.29. The molecule has 1 atom stereocenters. The molecule has 7 nitrogen and oxygen atoms in total. The van der Waals surface area contributed by atoms with Crippen molar-refractivity contribution in [1.82, 2.24) is 15.2 Å². The van der Waals surface area contributed by atoms with Gasteiger partial charge in [-0.05, 0) is 31.4 Å². The summed E-state index contributed by atoms with van der Waals surface area (Å²) in [6.45, 7) is 0. The van der Waals surface area contributed by atoms with Gasteiger partial charge in [-0.2, -0.15) is 0 Å². The highest BCUT2D eigenvalue weighted by Crippen LogP contribution is 2.20. The second kappa shape index (κ2) is 7.73. The molecule has 2 fully saturated rings. The summed E-state index contributed by atoms with van der Waals surface area (Å²) in [4.78, 5) is 30.6. The molecule has 0 aromatic carbocycles. The molecule has 1 saturated heterocycles. The lowest BCUT2D eigenvalue weighted by Crippen LogP contribution is -2.38. The number of rotatable bonds is 4. The number of carbonyl (C=O) groups excluding carboxylic acids is 2. The first-order valence-corrected chi connectivity index (χ1v) is 10.9. The van der Waals surface area contributed by atoms with Crippen molar-refractivity contribution in [3.63, 3.8) is 0 Å². The topological polar surface area (TPSA) is 96.4 Å². The van der Waals surface area contributed by atoms with Gasteiger partial charge in [-0.1, -0.05) is 19.3 Å². The molecule has 142 valence electrons. The average molecular weight is 379 g/mol. The Bertz CT molecular complexity index is 787. The van der Waals surface area contributed by atoms with E-state index in [1.807, 2.05) is 0 Å². The molecule has 1 unspecified atom stereocenters. The highest BCUT2D eigenvalue weighted by Gasteiger charge is 2.33. The molecule has 0 radical (unpaired) electrons. The number of aromatic nitrogens is 1. The Hall–Kier alpha value is -1.96. The molecule has 1 N–H and O–H groups in total. The van der Waals surface area contributed by atoms with Gasteiger partial charge in [0.2, 0.25) is 0 Å². The summed E-state index contributed by atoms with van der Waals surface area (Å²) in [5.74, 6) is -0.449. The van der Waals surface area contributed by atoms with Crippen molar-refractivity contribution in [2.75, 3.05) is 18.6 Å². The van der Waals surface area contributed by atoms with Crippen molar-refractivity contribution in [2.45, 2.75) is 50.6 Å². The van der Waals surface area contributed by atoms with E-state index in [9.17, 15) is 18.0 Å². The maximum absolute atomic E-state index is 12.7. The normalized spacial score (nSPS) is 22.7. The molecule has 1 aliphatic carbocycles. The molecule has 8 heteroatoms. The lowest BCUT2D eigenvalue weighted by Gasteiger charge is -2.24. The van der Waals surface area contributed by atoms with Gasteiger partial charge >= 0.3 is 0 Å². The fourth-order valence-corrected chi connectivity index (χ4v) is 5.42. The summed E-state index contributed by atoms with van der Waals surface area (Å²) in [5, 5.41) is 2.99. The molecular weight excluding hydrogens is 354 g/mol. The van der Waals surface area contributed by atoms with E-state index in [-0.39, 0.29) is 41.1 Å². The van der Waals surface area contributed by atoms with Crippen molar-refractivity contribution < 1.29 is 18.0 Å². The van der Waals surface area contributed by atoms with E-state index < -0.39 is 9.84 Å². The molecule has 1 aromatic heterocycles. The third kappa shape index (κ3) is 4.41. The summed E-state index contributed by atoms with van der Waals surface area (Å²) in [5.41, 5.74) is 0.564. The first-order valence-electron chi connectivity index (χ1n) is 9.10. The van der Waals surface area contributed by atoms with Gasteiger partial charge in [0.05, 0.1) is 11.5 Å². The van der Waals surface area contributed by atoms with E-state index in [4.69, 9.17) is 0 Å². The van der Waals surface area contributed by atoms with E-state index in [1.54, 1.807) is 13.1 Å². The Morgan fingerprint density at radius 3 is 2.58 bits per heavy atom. The number of carbonyl (C=O) groups is 2. The average Bonchev–Trinajstić information content (AvgIpc) is 3.01. The molecule has 0 spiro atoms. The van der Waals surface area contributed by atoms with Gasteiger partial charge in [0.25, 0.3) is 11.8 Å². The number of sulfone groups is 1. The van der Waals surface area contributed by atoms with E-state index in [0.29, 0.717) is 12.0 Å². The highest BCUT2D eigenvalue weighted by atomic mass is 32.2. The minimum absolute atomic E-state index is 0.00462. The molecule has 3 rings (SSSR count). The Labute approximate surface area is 154 Å². The van der Waals surface area contributed by atoms with Crippen LogP contribution in [-0.4, -0.2) is 60.8 Å². The number of hydrogen-bond acceptors (Lipinski definition) is 5. The maximum atomic E-state index is 12.7. The molecule has 2 aliphatic rings. The molecule has 26 heavy (non-hydrogen) atoms. The number of amides is 2. The minimum atomic E-state index is -3.06. The predicted octanol–water partition coefficient (Wildman–Crippen LogP) is 1.40. The van der Waals surface area contributed by atoms with Crippen LogP contribution < -0.4 is 5.32 Å². The fraction of sp³-hybridized carbons (Fsp3) is 0.611. The zero-order chi connectivity index (χ0) is 18.7. The number of hydrogen-bond donors (Lipinski definition) is 1. The van der Waals surface area contributed by atoms with Crippen LogP contribution in [0.5, 0.6) is 0 Å². The van der Waals surface area contributed by atoms with Crippen molar-refractivity contribution in [3.05, 3.63) is 29.6 Å². The molecule has 1 saturated carbocycles. The van der Waals surface area contributed by atoms with Gasteiger partial charge in [-0.3, -0.25) is 14.6 Å². The second-order valence-electron chi connectivity index (χ2n) is 7.21. The Morgan fingerprint density at radius 2 is 1.92 bits per heavy atom. The summed E-state index contributed by atoms with van der Waals surface area (Å²) in [6, 6.07) is 2.89. The fourth-order valence-electron chi connectivity index (χ4n) is 3.64. The van der Waals surface area contributed by atoms with E-state index >= 15 is 0 Å². The number of nitrogens with one attached hydrogen (secondary N) is 1. The summed E-state index contributed by atoms with van der Waals surface area (Å²) >= 11 is 0. The smallest absolute Gasteiger partial charge is 0.270 e. The lowest BCUT2D eigenvalue weighted by atomic mass is 9.95. The highest BCUT2D eigenvalue weighted by molar-refractivity contribution is 7.91. The van der Waals surface area contributed by atoms with Crippen molar-refractivity contribution in [1.29, 1.82) is 0 Å². The van der Waals surface area contributed by atoms with Gasteiger partial charge in [-0.25, -0.2) is 8.42 Å². The second-order valence-corrected chi connectivity index (χ2v) is 9.44. The van der Waals surface area contributed by atoms with Crippen LogP contribution in [0.4, 0.5) is 0 Å². The van der Waals surface area contributed by atoms with Gasteiger partial charge in [0.15, 0.2) is 9.84 Å². The van der Waals surface area contributed by atoms with Crippen LogP contribution in [0.1, 0.15) is 59.4 Å². The largest absolute Gasteiger partial charge is 0.348 e. The molecule has 2 heterocycles. The summed E-state index contributed by atoms with van der Waals surface area (Å²) < 4.78 is 23.3. The van der Waals surface area contributed by atoms with Crippen molar-refractivity contribution >= 4 is 21.7 Å². The standard InChI is InChI=1S/C18H25N3O4S/c1-21(15-8-10-26(24,25)12-15)18(23)13-7-9-19-16(11-13)17(22)20-14-5-3-2-4-6-14/h7,9,11,14-15H,2-6,8,10,12H2,1H3,(H,20,22). The lowest BCUT2D eigenvalue weighted by molar-refractivity contribution is 0.0747. The molecular formula is C18H25N3O4S. The predicted molar refractivity (Wildman–Crippen MR) is 97.7 cm³/mol. The SMILES string of the molecule is CN(C(=O)c1ccnc(C(=O)NC2CCCCC2)c1)C1CCS(=O)(=O)C1. The Balaban J connectivity index is 1.68. The van der Waals surface area contributed by atoms with Gasteiger partial charge < -0.3 is 10.2 Å². The maximum Gasteiger partial charge on any atom is 0.270 e. The van der Waals surface area contributed by atoms with Crippen molar-refractivity contribution in [2.24, 2.45) is 0 Å². The monoisotopic (exact) mass is 379 g/mol. The van der Waals surface area contributed by atoms with E-state index in [2.05, 4.69) is 10.3 Å². The Kier molecular flexibility index (Phi) is 5.60. The van der Waals surface area contributed by atoms with Crippen LogP contribution in [0.25, 0.3) is 0 Å². The van der Waals surface area contributed by atoms with Gasteiger partial charge in [0, 0.05) is 30.9 Å². The van der Waals surface area contributed by atoms with Gasteiger partial charge in [0.1, 0.15) is 5.69 Å². The third-order valence-electron chi connectivity index (χ3n) is 5.26.